The van der Waals surface area contributed by atoms with Crippen molar-refractivity contribution >= 4 is 44.6 Å². The maximum atomic E-state index is 15.1. The van der Waals surface area contributed by atoms with E-state index in [2.05, 4.69) is 20.3 Å². The highest BCUT2D eigenvalue weighted by Crippen LogP contribution is 2.47. The molecule has 3 heterocycles. The zero-order valence-electron chi connectivity index (χ0n) is 33.9. The van der Waals surface area contributed by atoms with E-state index in [0.717, 1.165) is 18.7 Å². The lowest BCUT2D eigenvalue weighted by Crippen LogP contribution is -2.61. The van der Waals surface area contributed by atoms with Crippen molar-refractivity contribution in [3.05, 3.63) is 42.4 Å². The molecule has 2 saturated carbocycles. The van der Waals surface area contributed by atoms with Crippen LogP contribution in [0.5, 0.6) is 11.6 Å². The minimum atomic E-state index is -4.10. The van der Waals surface area contributed by atoms with Crippen molar-refractivity contribution in [2.75, 3.05) is 13.2 Å². The molecule has 0 spiro atoms. The van der Waals surface area contributed by atoms with Crippen molar-refractivity contribution in [3.8, 4) is 11.6 Å². The van der Waals surface area contributed by atoms with Gasteiger partial charge in [0.2, 0.25) is 27.7 Å². The van der Waals surface area contributed by atoms with Crippen LogP contribution in [0.2, 0.25) is 0 Å². The molecule has 3 N–H and O–H groups in total. The number of hydrogen-bond donors (Lipinski definition) is 3. The molecule has 4 amide bonds. The SMILES string of the molecule is CCOc1cc2ccnc(O[C@@H]3C[C@H]4C(=O)N[C@]5(C(=O)NS(=O)(=O)C6(C)CC6)C[C@H]5C=CCC[C@@H](C)O[C@@H](CC)[C@H](NC(=O)OC(C)(C)C(F)F)C(=O)N4C3)c2cc1F. The van der Waals surface area contributed by atoms with E-state index in [-0.39, 0.29) is 49.4 Å². The zero-order chi connectivity index (χ0) is 43.1. The Labute approximate surface area is 341 Å². The number of fused-ring (bicyclic) bond motifs is 3. The van der Waals surface area contributed by atoms with E-state index < -0.39 is 98.3 Å². The molecule has 0 radical (unpaired) electrons. The summed E-state index contributed by atoms with van der Waals surface area (Å²) in [7, 11) is -4.10. The zero-order valence-corrected chi connectivity index (χ0v) is 34.7. The van der Waals surface area contributed by atoms with Crippen LogP contribution in [0.4, 0.5) is 18.0 Å². The lowest BCUT2D eigenvalue weighted by Gasteiger charge is -2.34. The molecule has 324 valence electrons. The molecule has 6 rings (SSSR count). The molecule has 1 aromatic carbocycles. The van der Waals surface area contributed by atoms with Crippen LogP contribution < -0.4 is 24.8 Å². The van der Waals surface area contributed by atoms with Crippen LogP contribution in [-0.2, 0) is 33.9 Å². The highest BCUT2D eigenvalue weighted by atomic mass is 32.2. The van der Waals surface area contributed by atoms with E-state index in [4.69, 9.17) is 18.9 Å². The number of halogens is 3. The number of nitrogens with zero attached hydrogens (tertiary/aromatic N) is 2. The summed E-state index contributed by atoms with van der Waals surface area (Å²) in [5, 5.41) is 6.01. The van der Waals surface area contributed by atoms with E-state index in [0.29, 0.717) is 31.1 Å². The first-order valence-electron chi connectivity index (χ1n) is 19.9. The van der Waals surface area contributed by atoms with Crippen molar-refractivity contribution in [2.24, 2.45) is 5.92 Å². The summed E-state index contributed by atoms with van der Waals surface area (Å²) >= 11 is 0. The number of carbonyl (C=O) groups is 4. The average Bonchev–Trinajstić information content (AvgIpc) is 4.05. The van der Waals surface area contributed by atoms with Crippen LogP contribution in [-0.4, -0.2) is 108 Å². The highest BCUT2D eigenvalue weighted by molar-refractivity contribution is 7.91. The molecule has 0 unspecified atom stereocenters. The second-order valence-corrected chi connectivity index (χ2v) is 18.7. The number of rotatable bonds is 11. The van der Waals surface area contributed by atoms with Gasteiger partial charge in [-0.05, 0) is 96.7 Å². The minimum absolute atomic E-state index is 0.0110. The van der Waals surface area contributed by atoms with Gasteiger partial charge in [-0.1, -0.05) is 19.1 Å². The normalized spacial score (nSPS) is 28.4. The predicted octanol–water partition coefficient (Wildman–Crippen LogP) is 4.67. The number of pyridine rings is 1. The Bertz CT molecular complexity index is 2100. The Kier molecular flexibility index (Phi) is 12.5. The van der Waals surface area contributed by atoms with Crippen LogP contribution in [0.1, 0.15) is 86.5 Å². The third kappa shape index (κ3) is 9.25. The Balaban J connectivity index is 1.37. The molecule has 15 nitrogen and oxygen atoms in total. The van der Waals surface area contributed by atoms with E-state index in [1.807, 2.05) is 0 Å². The quantitative estimate of drug-likeness (QED) is 0.267. The van der Waals surface area contributed by atoms with Gasteiger partial charge in [0.05, 0.1) is 30.1 Å². The number of allylic oxidation sites excluding steroid dienone is 1. The van der Waals surface area contributed by atoms with Crippen molar-refractivity contribution in [1.82, 2.24) is 25.2 Å². The van der Waals surface area contributed by atoms with Gasteiger partial charge in [0, 0.05) is 23.9 Å². The molecule has 3 fully saturated rings. The monoisotopic (exact) mass is 851 g/mol. The van der Waals surface area contributed by atoms with Crippen LogP contribution in [0, 0.1) is 11.7 Å². The molecular formula is C40H52F3N5O10S. The molecule has 7 atom stereocenters. The summed E-state index contributed by atoms with van der Waals surface area (Å²) in [5.41, 5.74) is -3.90. The number of carbonyl (C=O) groups excluding carboxylic acids is 4. The number of alkyl carbamates (subject to hydrolysis) is 1. The fourth-order valence-electron chi connectivity index (χ4n) is 7.41. The molecule has 2 aliphatic heterocycles. The Hall–Kier alpha value is -4.65. The first-order chi connectivity index (χ1) is 27.7. The van der Waals surface area contributed by atoms with Crippen molar-refractivity contribution in [1.29, 1.82) is 0 Å². The topological polar surface area (TPSA) is 192 Å². The molecule has 1 aromatic heterocycles. The van der Waals surface area contributed by atoms with Gasteiger partial charge in [-0.2, -0.15) is 0 Å². The number of nitrogens with one attached hydrogen (secondary N) is 3. The Morgan fingerprint density at radius 1 is 1.19 bits per heavy atom. The van der Waals surface area contributed by atoms with Gasteiger partial charge in [0.15, 0.2) is 17.2 Å². The molecule has 1 saturated heterocycles. The number of ether oxygens (including phenoxy) is 4. The van der Waals surface area contributed by atoms with Gasteiger partial charge >= 0.3 is 6.09 Å². The molecule has 19 heteroatoms. The molecule has 59 heavy (non-hydrogen) atoms. The average molecular weight is 852 g/mol. The Morgan fingerprint density at radius 2 is 1.92 bits per heavy atom. The second-order valence-electron chi connectivity index (χ2n) is 16.5. The largest absolute Gasteiger partial charge is 0.491 e. The predicted molar refractivity (Wildman–Crippen MR) is 208 cm³/mol. The fourth-order valence-corrected chi connectivity index (χ4v) is 8.72. The number of sulfonamides is 1. The van der Waals surface area contributed by atoms with Crippen molar-refractivity contribution < 1.29 is 59.7 Å². The highest BCUT2D eigenvalue weighted by Gasteiger charge is 2.63. The van der Waals surface area contributed by atoms with Gasteiger partial charge in [-0.25, -0.2) is 31.4 Å². The molecule has 0 bridgehead atoms. The smallest absolute Gasteiger partial charge is 0.408 e. The van der Waals surface area contributed by atoms with Crippen molar-refractivity contribution in [3.63, 3.8) is 0 Å². The molecule has 4 aliphatic rings. The maximum absolute atomic E-state index is 15.1. The van der Waals surface area contributed by atoms with E-state index >= 15 is 4.39 Å². The maximum Gasteiger partial charge on any atom is 0.408 e. The first kappa shape index (κ1) is 43.9. The fraction of sp³-hybridized carbons (Fsp3) is 0.625. The summed E-state index contributed by atoms with van der Waals surface area (Å²) in [6.45, 7) is 8.67. The van der Waals surface area contributed by atoms with Gasteiger partial charge < -0.3 is 34.5 Å². The van der Waals surface area contributed by atoms with E-state index in [1.165, 1.54) is 25.3 Å². The number of hydrogen-bond acceptors (Lipinski definition) is 11. The number of aromatic nitrogens is 1. The summed E-state index contributed by atoms with van der Waals surface area (Å²) in [4.78, 5) is 61.9. The van der Waals surface area contributed by atoms with Crippen LogP contribution >= 0.6 is 0 Å². The van der Waals surface area contributed by atoms with E-state index in [1.54, 1.807) is 39.0 Å². The molecular weight excluding hydrogens is 800 g/mol. The summed E-state index contributed by atoms with van der Waals surface area (Å²) in [5.74, 6) is -3.83. The number of alkyl halides is 2. The lowest BCUT2D eigenvalue weighted by molar-refractivity contribution is -0.145. The van der Waals surface area contributed by atoms with Crippen LogP contribution in [0.3, 0.4) is 0 Å². The third-order valence-corrected chi connectivity index (χ3v) is 13.7. The Morgan fingerprint density at radius 3 is 2.58 bits per heavy atom. The number of amides is 4. The van der Waals surface area contributed by atoms with Gasteiger partial charge in [0.25, 0.3) is 12.3 Å². The molecule has 2 aliphatic carbocycles. The lowest BCUT2D eigenvalue weighted by atomic mass is 10.0. The van der Waals surface area contributed by atoms with Crippen molar-refractivity contribution in [2.45, 2.75) is 139 Å². The van der Waals surface area contributed by atoms with Gasteiger partial charge in [0.1, 0.15) is 23.7 Å². The molecule has 2 aromatic rings. The second kappa shape index (κ2) is 16.8. The summed E-state index contributed by atoms with van der Waals surface area (Å²) in [6, 6.07) is 1.38. The summed E-state index contributed by atoms with van der Waals surface area (Å²) < 4.78 is 93.1. The van der Waals surface area contributed by atoms with Gasteiger partial charge in [-0.3, -0.25) is 19.1 Å². The minimum Gasteiger partial charge on any atom is -0.491 e. The standard InChI is InChI=1S/C40H52F3N5O10S/c1-7-29-31(45-37(52)58-38(4,5)35(42)43)34(50)48-21-25(57-33-26-19-27(41)30(55-8-2)17-23(26)13-16-44-33)18-28(48)32(49)46-40(20-24(40)12-10-9-11-22(3)56-29)36(51)47-59(53,54)39(6)14-15-39/h10,12-13,16-17,19,22,24-25,28-29,31,35H,7-9,11,14-15,18,20-21H2,1-6H3,(H,45,52)(H,46,49)(H,47,51)/t22-,24-,25-,28+,29+,31+,40-/m1/s1. The van der Waals surface area contributed by atoms with E-state index in [9.17, 15) is 36.4 Å². The number of benzene rings is 1. The first-order valence-corrected chi connectivity index (χ1v) is 21.4. The van der Waals surface area contributed by atoms with Gasteiger partial charge in [-0.15, -0.1) is 0 Å². The summed E-state index contributed by atoms with van der Waals surface area (Å²) in [6.07, 6.45) is -0.253. The van der Waals surface area contributed by atoms with Crippen LogP contribution in [0.15, 0.2) is 36.5 Å². The van der Waals surface area contributed by atoms with Crippen LogP contribution in [0.25, 0.3) is 10.8 Å². The third-order valence-electron chi connectivity index (χ3n) is 11.5.